The Morgan fingerprint density at radius 2 is 1.94 bits per heavy atom. The molecule has 34 heavy (non-hydrogen) atoms. The molecule has 0 unspecified atom stereocenters. The van der Waals surface area contributed by atoms with Crippen LogP contribution in [0.1, 0.15) is 18.4 Å². The van der Waals surface area contributed by atoms with Crippen molar-refractivity contribution in [2.45, 2.75) is 19.0 Å². The van der Waals surface area contributed by atoms with Crippen LogP contribution >= 0.6 is 11.3 Å². The summed E-state index contributed by atoms with van der Waals surface area (Å²) < 4.78 is 45.4. The Hall–Kier alpha value is -2.87. The lowest BCUT2D eigenvalue weighted by Crippen LogP contribution is -2.44. The van der Waals surface area contributed by atoms with Gasteiger partial charge in [-0.2, -0.15) is 18.2 Å². The quantitative estimate of drug-likeness (QED) is 0.530. The molecule has 0 aliphatic carbocycles. The number of anilines is 4. The molecule has 0 saturated carbocycles. The van der Waals surface area contributed by atoms with Crippen LogP contribution < -0.4 is 15.5 Å². The number of carbonyl (C=O) groups excluding carboxylic acids is 1. The monoisotopic (exact) mass is 500 g/mol. The third-order valence-corrected chi connectivity index (χ3v) is 6.52. The first kappa shape index (κ1) is 24.3. The maximum Gasteiger partial charge on any atom is 0.421 e. The molecule has 14 heteroatoms. The van der Waals surface area contributed by atoms with Crippen LogP contribution in [0.3, 0.4) is 0 Å². The SMILES string of the molecule is CN1CCN(c2ncc(Nc3ncc(C(F)(F)F)c(NCCCN4CCCOC4=O)n3)s2)CC1. The molecule has 2 aromatic rings. The van der Waals surface area contributed by atoms with Gasteiger partial charge in [0, 0.05) is 52.0 Å². The smallest absolute Gasteiger partial charge is 0.421 e. The van der Waals surface area contributed by atoms with Crippen molar-refractivity contribution in [3.8, 4) is 0 Å². The van der Waals surface area contributed by atoms with E-state index >= 15 is 0 Å². The maximum atomic E-state index is 13.5. The van der Waals surface area contributed by atoms with E-state index in [0.717, 1.165) is 43.9 Å². The molecule has 2 N–H and O–H groups in total. The van der Waals surface area contributed by atoms with Gasteiger partial charge in [0.1, 0.15) is 16.4 Å². The van der Waals surface area contributed by atoms with Crippen LogP contribution in [-0.4, -0.2) is 90.3 Å². The van der Waals surface area contributed by atoms with Crippen LogP contribution in [0.25, 0.3) is 0 Å². The Balaban J connectivity index is 1.38. The molecule has 2 saturated heterocycles. The lowest BCUT2D eigenvalue weighted by Gasteiger charge is -2.31. The average Bonchev–Trinajstić information content (AvgIpc) is 3.26. The van der Waals surface area contributed by atoms with Crippen molar-refractivity contribution >= 4 is 39.3 Å². The molecule has 0 spiro atoms. The molecule has 1 amide bonds. The minimum absolute atomic E-state index is 0.0451. The number of nitrogens with one attached hydrogen (secondary N) is 2. The van der Waals surface area contributed by atoms with Gasteiger partial charge in [0.25, 0.3) is 0 Å². The molecule has 186 valence electrons. The lowest BCUT2D eigenvalue weighted by molar-refractivity contribution is -0.137. The Morgan fingerprint density at radius 3 is 2.68 bits per heavy atom. The van der Waals surface area contributed by atoms with Crippen LogP contribution in [0.2, 0.25) is 0 Å². The average molecular weight is 501 g/mol. The van der Waals surface area contributed by atoms with Crippen LogP contribution in [0.4, 0.5) is 39.9 Å². The first-order valence-electron chi connectivity index (χ1n) is 11.1. The van der Waals surface area contributed by atoms with Gasteiger partial charge < -0.3 is 30.1 Å². The van der Waals surface area contributed by atoms with Gasteiger partial charge in [-0.1, -0.05) is 11.3 Å². The van der Waals surface area contributed by atoms with Crippen molar-refractivity contribution in [3.63, 3.8) is 0 Å². The van der Waals surface area contributed by atoms with Gasteiger partial charge in [0.15, 0.2) is 5.13 Å². The second kappa shape index (κ2) is 10.6. The predicted octanol–water partition coefficient (Wildman–Crippen LogP) is 3.09. The van der Waals surface area contributed by atoms with E-state index in [4.69, 9.17) is 4.74 Å². The van der Waals surface area contributed by atoms with E-state index in [-0.39, 0.29) is 18.3 Å². The van der Waals surface area contributed by atoms with Crippen molar-refractivity contribution in [1.29, 1.82) is 0 Å². The van der Waals surface area contributed by atoms with E-state index in [2.05, 4.69) is 42.4 Å². The summed E-state index contributed by atoms with van der Waals surface area (Å²) in [4.78, 5) is 30.0. The van der Waals surface area contributed by atoms with Crippen LogP contribution in [0.15, 0.2) is 12.4 Å². The van der Waals surface area contributed by atoms with Crippen molar-refractivity contribution in [1.82, 2.24) is 24.8 Å². The number of carbonyl (C=O) groups is 1. The molecule has 4 rings (SSSR count). The number of halogens is 3. The molecule has 0 bridgehead atoms. The molecule has 2 aliphatic rings. The number of amides is 1. The number of hydrogen-bond donors (Lipinski definition) is 2. The van der Waals surface area contributed by atoms with Gasteiger partial charge in [0.05, 0.1) is 12.8 Å². The summed E-state index contributed by atoms with van der Waals surface area (Å²) in [7, 11) is 2.07. The number of likely N-dealkylation sites (N-methyl/N-ethyl adjacent to an activating group) is 1. The minimum Gasteiger partial charge on any atom is -0.449 e. The number of thiazole rings is 1. The molecule has 4 heterocycles. The van der Waals surface area contributed by atoms with E-state index in [1.54, 1.807) is 11.1 Å². The zero-order chi connectivity index (χ0) is 24.1. The fourth-order valence-corrected chi connectivity index (χ4v) is 4.50. The van der Waals surface area contributed by atoms with E-state index in [9.17, 15) is 18.0 Å². The Morgan fingerprint density at radius 1 is 1.15 bits per heavy atom. The number of cyclic esters (lactones) is 1. The number of ether oxygens (including phenoxy) is 1. The summed E-state index contributed by atoms with van der Waals surface area (Å²) in [5, 5.41) is 7.19. The Labute approximate surface area is 199 Å². The lowest BCUT2D eigenvalue weighted by atomic mass is 10.3. The molecule has 0 atom stereocenters. The number of aromatic nitrogens is 3. The Bertz CT molecular complexity index is 981. The molecular formula is C20H27F3N8O2S. The summed E-state index contributed by atoms with van der Waals surface area (Å²) in [6.45, 7) is 5.19. The van der Waals surface area contributed by atoms with Crippen molar-refractivity contribution in [2.24, 2.45) is 0 Å². The molecule has 2 aliphatic heterocycles. The first-order chi connectivity index (χ1) is 16.3. The predicted molar refractivity (Wildman–Crippen MR) is 123 cm³/mol. The zero-order valence-electron chi connectivity index (χ0n) is 18.8. The van der Waals surface area contributed by atoms with Crippen LogP contribution in [-0.2, 0) is 10.9 Å². The van der Waals surface area contributed by atoms with Gasteiger partial charge in [0.2, 0.25) is 5.95 Å². The van der Waals surface area contributed by atoms with Crippen LogP contribution in [0, 0.1) is 0 Å². The highest BCUT2D eigenvalue weighted by atomic mass is 32.1. The number of piperazine rings is 1. The molecule has 10 nitrogen and oxygen atoms in total. The summed E-state index contributed by atoms with van der Waals surface area (Å²) in [5.41, 5.74) is -0.946. The first-order valence-corrected chi connectivity index (χ1v) is 11.9. The van der Waals surface area contributed by atoms with E-state index in [1.807, 2.05) is 0 Å². The zero-order valence-corrected chi connectivity index (χ0v) is 19.6. The Kier molecular flexibility index (Phi) is 7.56. The van der Waals surface area contributed by atoms with E-state index in [1.165, 1.54) is 11.3 Å². The van der Waals surface area contributed by atoms with E-state index in [0.29, 0.717) is 31.1 Å². The van der Waals surface area contributed by atoms with Crippen LogP contribution in [0.5, 0.6) is 0 Å². The third-order valence-electron chi connectivity index (χ3n) is 5.55. The molecule has 2 aromatic heterocycles. The number of hydrogen-bond acceptors (Lipinski definition) is 10. The normalized spacial score (nSPS) is 17.6. The molecule has 2 fully saturated rings. The van der Waals surface area contributed by atoms with Gasteiger partial charge in [-0.05, 0) is 19.9 Å². The second-order valence-corrected chi connectivity index (χ2v) is 9.12. The van der Waals surface area contributed by atoms with E-state index < -0.39 is 17.8 Å². The molecule has 0 radical (unpaired) electrons. The third kappa shape index (κ3) is 6.17. The highest BCUT2D eigenvalue weighted by Gasteiger charge is 2.35. The highest BCUT2D eigenvalue weighted by Crippen LogP contribution is 2.35. The minimum atomic E-state index is -4.60. The summed E-state index contributed by atoms with van der Waals surface area (Å²) >= 11 is 1.40. The molecular weight excluding hydrogens is 473 g/mol. The van der Waals surface area contributed by atoms with Crippen molar-refractivity contribution in [3.05, 3.63) is 18.0 Å². The summed E-state index contributed by atoms with van der Waals surface area (Å²) in [6.07, 6.45) is -1.41. The van der Waals surface area contributed by atoms with Gasteiger partial charge >= 0.3 is 12.3 Å². The van der Waals surface area contributed by atoms with Gasteiger partial charge in [-0.25, -0.2) is 14.8 Å². The summed E-state index contributed by atoms with van der Waals surface area (Å²) in [5.74, 6) is -0.265. The molecule has 0 aromatic carbocycles. The largest absolute Gasteiger partial charge is 0.449 e. The highest BCUT2D eigenvalue weighted by molar-refractivity contribution is 7.19. The van der Waals surface area contributed by atoms with Crippen molar-refractivity contribution in [2.75, 3.05) is 75.0 Å². The topological polar surface area (TPSA) is 98.8 Å². The standard InChI is InChI=1S/C20H27F3N8O2S/c1-29-7-9-30(10-8-29)18-26-13-15(34-18)27-17-25-12-14(20(21,22)23)16(28-17)24-4-2-5-31-6-3-11-33-19(31)32/h12-13H,2-11H2,1H3,(H2,24,25,27,28). The van der Waals surface area contributed by atoms with Crippen molar-refractivity contribution < 1.29 is 22.7 Å². The fraction of sp³-hybridized carbons (Fsp3) is 0.600. The number of nitrogens with zero attached hydrogens (tertiary/aromatic N) is 6. The number of rotatable bonds is 8. The maximum absolute atomic E-state index is 13.5. The second-order valence-electron chi connectivity index (χ2n) is 8.11. The summed E-state index contributed by atoms with van der Waals surface area (Å²) in [6, 6.07) is 0. The number of alkyl halides is 3. The fourth-order valence-electron chi connectivity index (χ4n) is 3.64. The van der Waals surface area contributed by atoms with Gasteiger partial charge in [-0.15, -0.1) is 0 Å². The van der Waals surface area contributed by atoms with Gasteiger partial charge in [-0.3, -0.25) is 0 Å².